The summed E-state index contributed by atoms with van der Waals surface area (Å²) in [6, 6.07) is 27.3. The van der Waals surface area contributed by atoms with Gasteiger partial charge in [0.05, 0.1) is 16.9 Å². The Hall–Kier alpha value is -2.72. The van der Waals surface area contributed by atoms with Gasteiger partial charge in [0.1, 0.15) is 5.66 Å². The lowest BCUT2D eigenvalue weighted by Gasteiger charge is -2.26. The number of hydrogen-bond acceptors (Lipinski definition) is 4. The van der Waals surface area contributed by atoms with E-state index in [2.05, 4.69) is 0 Å². The van der Waals surface area contributed by atoms with Crippen LogP contribution in [0.25, 0.3) is 16.6 Å². The fraction of sp³-hybridized carbons (Fsp3) is 0.136. The highest BCUT2D eigenvalue weighted by molar-refractivity contribution is 7.54. The van der Waals surface area contributed by atoms with Gasteiger partial charge in [-0.05, 0) is 23.8 Å². The van der Waals surface area contributed by atoms with E-state index in [1.165, 1.54) is 14.2 Å². The van der Waals surface area contributed by atoms with Crippen LogP contribution in [0.2, 0.25) is 0 Å². The second-order valence-electron chi connectivity index (χ2n) is 6.37. The van der Waals surface area contributed by atoms with Crippen molar-refractivity contribution in [3.63, 3.8) is 0 Å². The number of nitrogens with zero attached hydrogens (tertiary/aromatic N) is 2. The molecule has 1 aromatic heterocycles. The van der Waals surface area contributed by atoms with Gasteiger partial charge in [0, 0.05) is 19.6 Å². The average molecular weight is 392 g/mol. The van der Waals surface area contributed by atoms with E-state index >= 15 is 0 Å². The molecule has 1 unspecified atom stereocenters. The molecular weight excluding hydrogens is 371 g/mol. The highest BCUT2D eigenvalue weighted by Crippen LogP contribution is 2.63. The summed E-state index contributed by atoms with van der Waals surface area (Å²) in [4.78, 5) is 0. The Morgan fingerprint density at radius 1 is 0.821 bits per heavy atom. The quantitative estimate of drug-likeness (QED) is 0.401. The second kappa shape index (κ2) is 7.72. The second-order valence-corrected chi connectivity index (χ2v) is 8.69. The van der Waals surface area contributed by atoms with E-state index in [4.69, 9.17) is 14.1 Å². The zero-order valence-corrected chi connectivity index (χ0v) is 16.6. The number of benzene rings is 3. The van der Waals surface area contributed by atoms with Crippen LogP contribution in [-0.2, 0) is 13.6 Å². The van der Waals surface area contributed by atoms with Crippen LogP contribution in [0.15, 0.2) is 84.9 Å². The Morgan fingerprint density at radius 2 is 1.39 bits per heavy atom. The van der Waals surface area contributed by atoms with Crippen LogP contribution in [0.5, 0.6) is 0 Å². The largest absolute Gasteiger partial charge is 0.343 e. The Balaban J connectivity index is 2.08. The minimum Gasteiger partial charge on any atom is -0.311 e. The highest BCUT2D eigenvalue weighted by Gasteiger charge is 2.40. The summed E-state index contributed by atoms with van der Waals surface area (Å²) in [5.41, 5.74) is 2.70. The third kappa shape index (κ3) is 3.18. The standard InChI is InChI=1S/C22H21N2O3P/c1-26-28(25,27-2)22(17-11-5-3-6-12-17)21-19-15-9-10-16-20(19)23-24(21)18-13-7-4-8-14-18/h3-16,22H,1-2H3. The first-order valence-corrected chi connectivity index (χ1v) is 10.6. The smallest absolute Gasteiger partial charge is 0.311 e. The molecule has 0 saturated carbocycles. The van der Waals surface area contributed by atoms with Crippen molar-refractivity contribution in [3.8, 4) is 5.69 Å². The van der Waals surface area contributed by atoms with Gasteiger partial charge in [-0.3, -0.25) is 4.57 Å². The lowest BCUT2D eigenvalue weighted by atomic mass is 10.1. The number of rotatable bonds is 6. The van der Waals surface area contributed by atoms with Crippen LogP contribution in [0.4, 0.5) is 0 Å². The predicted octanol–water partition coefficient (Wildman–Crippen LogP) is 5.60. The van der Waals surface area contributed by atoms with Crippen molar-refractivity contribution >= 4 is 18.5 Å². The molecule has 5 nitrogen and oxygen atoms in total. The van der Waals surface area contributed by atoms with E-state index < -0.39 is 13.3 Å². The Morgan fingerprint density at radius 3 is 2.04 bits per heavy atom. The molecule has 0 radical (unpaired) electrons. The maximum atomic E-state index is 13.7. The third-order valence-corrected chi connectivity index (χ3v) is 7.01. The van der Waals surface area contributed by atoms with Crippen LogP contribution in [0.3, 0.4) is 0 Å². The molecule has 0 bridgehead atoms. The molecule has 6 heteroatoms. The lowest BCUT2D eigenvalue weighted by Crippen LogP contribution is -2.12. The van der Waals surface area contributed by atoms with Gasteiger partial charge >= 0.3 is 7.60 Å². The summed E-state index contributed by atoms with van der Waals surface area (Å²) in [6.45, 7) is 0. The van der Waals surface area contributed by atoms with Crippen LogP contribution < -0.4 is 0 Å². The fourth-order valence-corrected chi connectivity index (χ4v) is 5.15. The van der Waals surface area contributed by atoms with Crippen molar-refractivity contribution in [2.24, 2.45) is 0 Å². The van der Waals surface area contributed by atoms with Gasteiger partial charge < -0.3 is 9.05 Å². The van der Waals surface area contributed by atoms with Crippen molar-refractivity contribution in [2.75, 3.05) is 14.2 Å². The zero-order chi connectivity index (χ0) is 19.6. The van der Waals surface area contributed by atoms with Crippen molar-refractivity contribution in [1.82, 2.24) is 9.78 Å². The maximum Gasteiger partial charge on any atom is 0.343 e. The molecule has 0 fully saturated rings. The first-order chi connectivity index (χ1) is 13.7. The van der Waals surface area contributed by atoms with Gasteiger partial charge in [-0.15, -0.1) is 0 Å². The van der Waals surface area contributed by atoms with Gasteiger partial charge in [-0.25, -0.2) is 4.68 Å². The SMILES string of the molecule is COP(=O)(OC)C(c1ccccc1)c1c2ccccc2nn1-c1ccccc1. The number of aromatic nitrogens is 2. The fourth-order valence-electron chi connectivity index (χ4n) is 3.49. The van der Waals surface area contributed by atoms with Crippen LogP contribution in [0.1, 0.15) is 16.9 Å². The van der Waals surface area contributed by atoms with E-state index in [1.54, 1.807) is 0 Å². The summed E-state index contributed by atoms with van der Waals surface area (Å²) in [6.07, 6.45) is 0. The van der Waals surface area contributed by atoms with Gasteiger partial charge in [0.15, 0.2) is 0 Å². The molecule has 0 aliphatic rings. The van der Waals surface area contributed by atoms with Crippen LogP contribution in [-0.4, -0.2) is 24.0 Å². The number of para-hydroxylation sites is 1. The summed E-state index contributed by atoms with van der Waals surface area (Å²) < 4.78 is 26.5. The van der Waals surface area contributed by atoms with Crippen LogP contribution >= 0.6 is 7.60 Å². The van der Waals surface area contributed by atoms with Crippen molar-refractivity contribution in [2.45, 2.75) is 5.66 Å². The van der Waals surface area contributed by atoms with E-state index in [-0.39, 0.29) is 0 Å². The highest BCUT2D eigenvalue weighted by atomic mass is 31.2. The van der Waals surface area contributed by atoms with Crippen molar-refractivity contribution in [1.29, 1.82) is 0 Å². The first-order valence-electron chi connectivity index (χ1n) is 8.97. The minimum atomic E-state index is -3.51. The monoisotopic (exact) mass is 392 g/mol. The number of fused-ring (bicyclic) bond motifs is 1. The summed E-state index contributed by atoms with van der Waals surface area (Å²) in [5.74, 6) is 0. The summed E-state index contributed by atoms with van der Waals surface area (Å²) >= 11 is 0. The van der Waals surface area contributed by atoms with Crippen molar-refractivity contribution < 1.29 is 13.6 Å². The number of hydrogen-bond donors (Lipinski definition) is 0. The summed E-state index contributed by atoms with van der Waals surface area (Å²) in [7, 11) is -0.670. The Bertz CT molecular complexity index is 1120. The molecule has 142 valence electrons. The maximum absolute atomic E-state index is 13.7. The molecule has 1 atom stereocenters. The molecule has 4 aromatic rings. The normalized spacial score (nSPS) is 12.9. The van der Waals surface area contributed by atoms with Gasteiger partial charge in [0.25, 0.3) is 0 Å². The molecule has 4 rings (SSSR count). The lowest BCUT2D eigenvalue weighted by molar-refractivity contribution is 0.269. The molecule has 0 spiro atoms. The van der Waals surface area contributed by atoms with Crippen molar-refractivity contribution in [3.05, 3.63) is 96.2 Å². The molecular formula is C22H21N2O3P. The van der Waals surface area contributed by atoms with E-state index in [1.807, 2.05) is 89.6 Å². The molecule has 1 heterocycles. The molecule has 0 saturated heterocycles. The minimum absolute atomic E-state index is 0.628. The third-order valence-electron chi connectivity index (χ3n) is 4.82. The molecule has 28 heavy (non-hydrogen) atoms. The molecule has 3 aromatic carbocycles. The average Bonchev–Trinajstić information content (AvgIpc) is 3.14. The Labute approximate surface area is 164 Å². The van der Waals surface area contributed by atoms with E-state index in [9.17, 15) is 4.57 Å². The Kier molecular flexibility index (Phi) is 5.14. The van der Waals surface area contributed by atoms with E-state index in [0.29, 0.717) is 0 Å². The van der Waals surface area contributed by atoms with Gasteiger partial charge in [-0.1, -0.05) is 66.7 Å². The molecule has 0 amide bonds. The predicted molar refractivity (Wildman–Crippen MR) is 111 cm³/mol. The first kappa shape index (κ1) is 18.6. The van der Waals surface area contributed by atoms with Crippen LogP contribution in [0, 0.1) is 0 Å². The van der Waals surface area contributed by atoms with E-state index in [0.717, 1.165) is 27.8 Å². The van der Waals surface area contributed by atoms with Gasteiger partial charge in [-0.2, -0.15) is 5.10 Å². The van der Waals surface area contributed by atoms with Gasteiger partial charge in [0.2, 0.25) is 0 Å². The molecule has 0 aliphatic heterocycles. The molecule has 0 N–H and O–H groups in total. The topological polar surface area (TPSA) is 53.4 Å². The summed E-state index contributed by atoms with van der Waals surface area (Å²) in [5, 5.41) is 5.71. The molecule has 0 aliphatic carbocycles. The zero-order valence-electron chi connectivity index (χ0n) is 15.7.